The van der Waals surface area contributed by atoms with Crippen LogP contribution in [-0.4, -0.2) is 45.7 Å². The maximum atomic E-state index is 14.4. The summed E-state index contributed by atoms with van der Waals surface area (Å²) >= 11 is 1.54. The summed E-state index contributed by atoms with van der Waals surface area (Å²) < 4.78 is 9.94. The molecule has 2 unspecified atom stereocenters. The Bertz CT molecular complexity index is 1200. The van der Waals surface area contributed by atoms with Crippen LogP contribution >= 0.6 is 11.8 Å². The molecule has 2 atom stereocenters. The van der Waals surface area contributed by atoms with Crippen molar-refractivity contribution in [3.8, 4) is 5.75 Å². The molecule has 2 amide bonds. The molecular weight excluding hydrogens is 508 g/mol. The minimum absolute atomic E-state index is 0.161. The van der Waals surface area contributed by atoms with Crippen LogP contribution in [0.25, 0.3) is 0 Å². The molecule has 0 heterocycles. The van der Waals surface area contributed by atoms with E-state index in [0.29, 0.717) is 18.1 Å². The van der Waals surface area contributed by atoms with E-state index in [4.69, 9.17) is 9.47 Å². The van der Waals surface area contributed by atoms with Gasteiger partial charge in [-0.2, -0.15) is 0 Å². The minimum Gasteiger partial charge on any atom is -0.497 e. The SMILES string of the molecule is CNC(=O)C(Cc1ccc(OC)cc1)NC(=O)C(COC)(SCc1ccccc1)c1ccccc1CC(C)C. The molecule has 3 aromatic carbocycles. The molecule has 0 aromatic heterocycles. The first-order valence-corrected chi connectivity index (χ1v) is 14.2. The third kappa shape index (κ3) is 8.10. The van der Waals surface area contributed by atoms with Gasteiger partial charge in [0.2, 0.25) is 11.8 Å². The number of hydrogen-bond donors (Lipinski definition) is 2. The summed E-state index contributed by atoms with van der Waals surface area (Å²) in [6.07, 6.45) is 1.17. The zero-order chi connectivity index (χ0) is 28.3. The number of hydrogen-bond acceptors (Lipinski definition) is 5. The number of methoxy groups -OCH3 is 2. The topological polar surface area (TPSA) is 76.7 Å². The van der Waals surface area contributed by atoms with E-state index in [0.717, 1.165) is 34.4 Å². The summed E-state index contributed by atoms with van der Waals surface area (Å²) in [4.78, 5) is 27.4. The van der Waals surface area contributed by atoms with E-state index in [-0.39, 0.29) is 18.4 Å². The fraction of sp³-hybridized carbons (Fsp3) is 0.375. The second kappa shape index (κ2) is 14.8. The van der Waals surface area contributed by atoms with Crippen molar-refractivity contribution in [2.24, 2.45) is 5.92 Å². The largest absolute Gasteiger partial charge is 0.497 e. The predicted molar refractivity (Wildman–Crippen MR) is 159 cm³/mol. The van der Waals surface area contributed by atoms with Gasteiger partial charge in [-0.1, -0.05) is 80.6 Å². The van der Waals surface area contributed by atoms with Gasteiger partial charge in [-0.25, -0.2) is 0 Å². The van der Waals surface area contributed by atoms with Gasteiger partial charge in [-0.05, 0) is 46.7 Å². The van der Waals surface area contributed by atoms with Gasteiger partial charge in [0.25, 0.3) is 0 Å². The van der Waals surface area contributed by atoms with Gasteiger partial charge < -0.3 is 20.1 Å². The standard InChI is InChI=1S/C32H40N2O4S/c1-23(2)19-26-13-9-10-14-28(26)32(22-37-4,39-21-25-11-7-6-8-12-25)31(36)34-29(30(35)33-3)20-24-15-17-27(38-5)18-16-24/h6-18,23,29H,19-22H2,1-5H3,(H,33,35)(H,34,36). The van der Waals surface area contributed by atoms with Crippen LogP contribution < -0.4 is 15.4 Å². The molecule has 6 nitrogen and oxygen atoms in total. The van der Waals surface area contributed by atoms with Gasteiger partial charge >= 0.3 is 0 Å². The molecule has 0 radical (unpaired) electrons. The van der Waals surface area contributed by atoms with E-state index in [1.54, 1.807) is 21.3 Å². The van der Waals surface area contributed by atoms with E-state index in [1.165, 1.54) is 11.8 Å². The lowest BCUT2D eigenvalue weighted by Crippen LogP contribution is -2.54. The van der Waals surface area contributed by atoms with E-state index in [9.17, 15) is 9.59 Å². The Labute approximate surface area is 236 Å². The van der Waals surface area contributed by atoms with Crippen LogP contribution in [0.1, 0.15) is 36.1 Å². The summed E-state index contributed by atoms with van der Waals surface area (Å²) in [5.74, 6) is 1.24. The van der Waals surface area contributed by atoms with Gasteiger partial charge in [0.1, 0.15) is 16.5 Å². The molecule has 0 aliphatic heterocycles. The van der Waals surface area contributed by atoms with Crippen molar-refractivity contribution in [3.05, 3.63) is 101 Å². The lowest BCUT2D eigenvalue weighted by atomic mass is 9.88. The molecule has 7 heteroatoms. The van der Waals surface area contributed by atoms with Crippen molar-refractivity contribution >= 4 is 23.6 Å². The smallest absolute Gasteiger partial charge is 0.243 e. The molecule has 0 fully saturated rings. The number of carbonyl (C=O) groups is 2. The quantitative estimate of drug-likeness (QED) is 0.292. The predicted octanol–water partition coefficient (Wildman–Crippen LogP) is 5.14. The van der Waals surface area contributed by atoms with Crippen LogP contribution in [0.15, 0.2) is 78.9 Å². The highest BCUT2D eigenvalue weighted by molar-refractivity contribution is 8.00. The number of rotatable bonds is 14. The molecule has 0 saturated carbocycles. The highest BCUT2D eigenvalue weighted by atomic mass is 32.2. The van der Waals surface area contributed by atoms with E-state index >= 15 is 0 Å². The zero-order valence-electron chi connectivity index (χ0n) is 23.5. The van der Waals surface area contributed by atoms with Crippen LogP contribution in [0.2, 0.25) is 0 Å². The van der Waals surface area contributed by atoms with Crippen LogP contribution in [-0.2, 0) is 37.7 Å². The zero-order valence-corrected chi connectivity index (χ0v) is 24.3. The average molecular weight is 549 g/mol. The lowest BCUT2D eigenvalue weighted by molar-refractivity contribution is -0.131. The van der Waals surface area contributed by atoms with Crippen molar-refractivity contribution in [1.29, 1.82) is 0 Å². The molecule has 2 N–H and O–H groups in total. The molecule has 0 bridgehead atoms. The number of amides is 2. The molecular formula is C32H40N2O4S. The second-order valence-electron chi connectivity index (χ2n) is 9.98. The maximum absolute atomic E-state index is 14.4. The first-order valence-electron chi connectivity index (χ1n) is 13.2. The number of ether oxygens (including phenoxy) is 2. The molecule has 0 aliphatic carbocycles. The Morgan fingerprint density at radius 3 is 2.15 bits per heavy atom. The first-order chi connectivity index (χ1) is 18.8. The Kier molecular flexibility index (Phi) is 11.4. The summed E-state index contributed by atoms with van der Waals surface area (Å²) in [5.41, 5.74) is 4.04. The average Bonchev–Trinajstić information content (AvgIpc) is 2.95. The molecule has 0 saturated heterocycles. The van der Waals surface area contributed by atoms with Crippen molar-refractivity contribution < 1.29 is 19.1 Å². The molecule has 3 aromatic rings. The minimum atomic E-state index is -1.07. The van der Waals surface area contributed by atoms with Crippen molar-refractivity contribution in [3.63, 3.8) is 0 Å². The number of carbonyl (C=O) groups excluding carboxylic acids is 2. The Hall–Kier alpha value is -3.29. The monoisotopic (exact) mass is 548 g/mol. The fourth-order valence-corrected chi connectivity index (χ4v) is 5.97. The summed E-state index contributed by atoms with van der Waals surface area (Å²) in [7, 11) is 4.81. The summed E-state index contributed by atoms with van der Waals surface area (Å²) in [5, 5.41) is 5.82. The highest BCUT2D eigenvalue weighted by Gasteiger charge is 2.44. The summed E-state index contributed by atoms with van der Waals surface area (Å²) in [6.45, 7) is 4.50. The van der Waals surface area contributed by atoms with Gasteiger partial charge in [-0.3, -0.25) is 9.59 Å². The van der Waals surface area contributed by atoms with Gasteiger partial charge in [0, 0.05) is 26.3 Å². The second-order valence-corrected chi connectivity index (χ2v) is 11.3. The maximum Gasteiger partial charge on any atom is 0.243 e. The third-order valence-corrected chi connectivity index (χ3v) is 8.08. The Morgan fingerprint density at radius 1 is 0.872 bits per heavy atom. The highest BCUT2D eigenvalue weighted by Crippen LogP contribution is 2.42. The number of nitrogens with one attached hydrogen (secondary N) is 2. The molecule has 3 rings (SSSR count). The van der Waals surface area contributed by atoms with Crippen LogP contribution in [0.3, 0.4) is 0 Å². The molecule has 0 aliphatic rings. The number of thioether (sulfide) groups is 1. The Balaban J connectivity index is 2.03. The first kappa shape index (κ1) is 30.3. The molecule has 208 valence electrons. The Morgan fingerprint density at radius 2 is 1.54 bits per heavy atom. The lowest BCUT2D eigenvalue weighted by Gasteiger charge is -2.35. The number of benzene rings is 3. The summed E-state index contributed by atoms with van der Waals surface area (Å²) in [6, 6.07) is 24.9. The van der Waals surface area contributed by atoms with Gasteiger partial charge in [0.05, 0.1) is 13.7 Å². The molecule has 39 heavy (non-hydrogen) atoms. The van der Waals surface area contributed by atoms with Gasteiger partial charge in [-0.15, -0.1) is 11.8 Å². The van der Waals surface area contributed by atoms with Crippen LogP contribution in [0, 0.1) is 5.92 Å². The van der Waals surface area contributed by atoms with Gasteiger partial charge in [0.15, 0.2) is 0 Å². The van der Waals surface area contributed by atoms with Crippen molar-refractivity contribution in [2.45, 2.75) is 43.2 Å². The third-order valence-electron chi connectivity index (χ3n) is 6.59. The van der Waals surface area contributed by atoms with Crippen LogP contribution in [0.5, 0.6) is 5.75 Å². The van der Waals surface area contributed by atoms with Crippen molar-refractivity contribution in [2.75, 3.05) is 27.9 Å². The molecule has 0 spiro atoms. The van der Waals surface area contributed by atoms with Crippen molar-refractivity contribution in [1.82, 2.24) is 10.6 Å². The van der Waals surface area contributed by atoms with E-state index < -0.39 is 10.8 Å². The number of likely N-dealkylation sites (N-methyl/N-ethyl adjacent to an activating group) is 1. The fourth-order valence-electron chi connectivity index (χ4n) is 4.62. The van der Waals surface area contributed by atoms with Crippen LogP contribution in [0.4, 0.5) is 0 Å². The van der Waals surface area contributed by atoms with E-state index in [1.807, 2.05) is 60.7 Å². The van der Waals surface area contributed by atoms with E-state index in [2.05, 4.69) is 42.7 Å². The normalized spacial score (nSPS) is 13.4.